The van der Waals surface area contributed by atoms with E-state index in [9.17, 15) is 0 Å². The van der Waals surface area contributed by atoms with E-state index in [2.05, 4.69) is 39.5 Å². The molecule has 0 aliphatic heterocycles. The average molecular weight is 310 g/mol. The van der Waals surface area contributed by atoms with E-state index in [1.807, 2.05) is 13.1 Å². The Morgan fingerprint density at radius 3 is 2.78 bits per heavy atom. The molecule has 0 spiro atoms. The van der Waals surface area contributed by atoms with Crippen LogP contribution in [0.1, 0.15) is 37.3 Å². The first kappa shape index (κ1) is 13.6. The number of rotatable bonds is 4. The highest BCUT2D eigenvalue weighted by Gasteiger charge is 2.19. The highest BCUT2D eigenvalue weighted by atomic mass is 79.9. The van der Waals surface area contributed by atoms with Crippen LogP contribution in [-0.4, -0.2) is 14.2 Å². The zero-order valence-corrected chi connectivity index (χ0v) is 12.6. The van der Waals surface area contributed by atoms with Crippen LogP contribution < -0.4 is 10.1 Å². The first-order valence-corrected chi connectivity index (χ1v) is 7.25. The van der Waals surface area contributed by atoms with Crippen molar-refractivity contribution < 1.29 is 4.74 Å². The summed E-state index contributed by atoms with van der Waals surface area (Å²) in [5, 5.41) is 3.42. The van der Waals surface area contributed by atoms with E-state index >= 15 is 0 Å². The quantitative estimate of drug-likeness (QED) is 0.841. The monoisotopic (exact) mass is 309 g/mol. The Morgan fingerprint density at radius 2 is 2.17 bits per heavy atom. The van der Waals surface area contributed by atoms with Gasteiger partial charge in [-0.1, -0.05) is 33.6 Å². The molecule has 1 aromatic carbocycles. The molecule has 0 saturated heterocycles. The van der Waals surface area contributed by atoms with Crippen LogP contribution in [0.2, 0.25) is 0 Å². The van der Waals surface area contributed by atoms with E-state index in [1.165, 1.54) is 36.8 Å². The fourth-order valence-electron chi connectivity index (χ4n) is 2.59. The molecule has 0 aromatic heterocycles. The zero-order chi connectivity index (χ0) is 13.0. The van der Waals surface area contributed by atoms with Gasteiger partial charge in [0.2, 0.25) is 0 Å². The lowest BCUT2D eigenvalue weighted by Crippen LogP contribution is -2.20. The maximum absolute atomic E-state index is 5.50. The summed E-state index contributed by atoms with van der Waals surface area (Å²) < 4.78 is 6.55. The standard InChI is InChI=1S/C15H20BrNO/c1-17-15(11-6-4-3-5-7-11)13-9-8-12(16)10-14(13)18-2/h6,8-10,15,17H,3-5,7H2,1-2H3. The largest absolute Gasteiger partial charge is 0.496 e. The first-order chi connectivity index (χ1) is 8.76. The molecule has 0 fully saturated rings. The van der Waals surface area contributed by atoms with E-state index in [-0.39, 0.29) is 6.04 Å². The minimum Gasteiger partial charge on any atom is -0.496 e. The molecular formula is C15H20BrNO. The van der Waals surface area contributed by atoms with Gasteiger partial charge in [0, 0.05) is 10.0 Å². The van der Waals surface area contributed by atoms with E-state index in [0.717, 1.165) is 10.2 Å². The predicted molar refractivity (Wildman–Crippen MR) is 79.0 cm³/mol. The Balaban J connectivity index is 2.34. The van der Waals surface area contributed by atoms with Crippen molar-refractivity contribution in [3.8, 4) is 5.75 Å². The van der Waals surface area contributed by atoms with Crippen LogP contribution in [0.3, 0.4) is 0 Å². The molecule has 1 N–H and O–H groups in total. The van der Waals surface area contributed by atoms with Crippen molar-refractivity contribution in [1.82, 2.24) is 5.32 Å². The second-order valence-electron chi connectivity index (χ2n) is 4.63. The number of hydrogen-bond donors (Lipinski definition) is 1. The van der Waals surface area contributed by atoms with Gasteiger partial charge in [-0.15, -0.1) is 0 Å². The second kappa shape index (κ2) is 6.39. The smallest absolute Gasteiger partial charge is 0.125 e. The number of allylic oxidation sites excluding steroid dienone is 1. The van der Waals surface area contributed by atoms with E-state index < -0.39 is 0 Å². The van der Waals surface area contributed by atoms with Gasteiger partial charge in [-0.05, 0) is 44.9 Å². The van der Waals surface area contributed by atoms with Crippen molar-refractivity contribution in [1.29, 1.82) is 0 Å². The van der Waals surface area contributed by atoms with Crippen molar-refractivity contribution in [2.24, 2.45) is 0 Å². The molecule has 1 unspecified atom stereocenters. The fourth-order valence-corrected chi connectivity index (χ4v) is 2.93. The number of methoxy groups -OCH3 is 1. The van der Waals surface area contributed by atoms with Gasteiger partial charge in [-0.3, -0.25) is 0 Å². The maximum Gasteiger partial charge on any atom is 0.125 e. The van der Waals surface area contributed by atoms with Gasteiger partial charge >= 0.3 is 0 Å². The third-order valence-electron chi connectivity index (χ3n) is 3.49. The molecule has 1 aliphatic rings. The number of benzene rings is 1. The number of halogens is 1. The molecule has 1 atom stereocenters. The van der Waals surface area contributed by atoms with E-state index in [0.29, 0.717) is 0 Å². The van der Waals surface area contributed by atoms with Crippen LogP contribution in [0.15, 0.2) is 34.3 Å². The molecule has 0 bridgehead atoms. The van der Waals surface area contributed by atoms with Crippen molar-refractivity contribution in [3.63, 3.8) is 0 Å². The number of likely N-dealkylation sites (N-methyl/N-ethyl adjacent to an activating group) is 1. The SMILES string of the molecule is CNC(C1=CCCCC1)c1ccc(Br)cc1OC. The molecule has 18 heavy (non-hydrogen) atoms. The van der Waals surface area contributed by atoms with E-state index in [1.54, 1.807) is 7.11 Å². The van der Waals surface area contributed by atoms with Crippen LogP contribution in [0, 0.1) is 0 Å². The molecule has 3 heteroatoms. The van der Waals surface area contributed by atoms with Crippen molar-refractivity contribution in [2.45, 2.75) is 31.7 Å². The molecule has 0 heterocycles. The number of ether oxygens (including phenoxy) is 1. The molecular weight excluding hydrogens is 290 g/mol. The molecule has 1 aliphatic carbocycles. The Labute approximate surface area is 118 Å². The Morgan fingerprint density at radius 1 is 1.33 bits per heavy atom. The van der Waals surface area contributed by atoms with E-state index in [4.69, 9.17) is 4.74 Å². The van der Waals surface area contributed by atoms with Crippen molar-refractivity contribution >= 4 is 15.9 Å². The average Bonchev–Trinajstić information content (AvgIpc) is 2.42. The minimum absolute atomic E-state index is 0.272. The van der Waals surface area contributed by atoms with Gasteiger partial charge < -0.3 is 10.1 Å². The highest BCUT2D eigenvalue weighted by molar-refractivity contribution is 9.10. The molecule has 0 amide bonds. The summed E-state index contributed by atoms with van der Waals surface area (Å²) in [4.78, 5) is 0. The number of hydrogen-bond acceptors (Lipinski definition) is 2. The van der Waals surface area contributed by atoms with Gasteiger partial charge in [-0.25, -0.2) is 0 Å². The lowest BCUT2D eigenvalue weighted by molar-refractivity contribution is 0.403. The van der Waals surface area contributed by atoms with Gasteiger partial charge in [-0.2, -0.15) is 0 Å². The maximum atomic E-state index is 5.50. The normalized spacial score (nSPS) is 17.2. The van der Waals surface area contributed by atoms with Gasteiger partial charge in [0.1, 0.15) is 5.75 Å². The topological polar surface area (TPSA) is 21.3 Å². The van der Waals surface area contributed by atoms with Gasteiger partial charge in [0.25, 0.3) is 0 Å². The summed E-state index contributed by atoms with van der Waals surface area (Å²) in [5.74, 6) is 0.940. The first-order valence-electron chi connectivity index (χ1n) is 6.46. The van der Waals surface area contributed by atoms with Crippen molar-refractivity contribution in [3.05, 3.63) is 39.9 Å². The molecule has 2 nitrogen and oxygen atoms in total. The third-order valence-corrected chi connectivity index (χ3v) is 3.99. The minimum atomic E-state index is 0.272. The molecule has 0 saturated carbocycles. The molecule has 1 aromatic rings. The molecule has 2 rings (SSSR count). The summed E-state index contributed by atoms with van der Waals surface area (Å²) in [7, 11) is 3.74. The zero-order valence-electron chi connectivity index (χ0n) is 11.0. The summed E-state index contributed by atoms with van der Waals surface area (Å²) in [6.07, 6.45) is 7.38. The summed E-state index contributed by atoms with van der Waals surface area (Å²) in [6.45, 7) is 0. The van der Waals surface area contributed by atoms with Gasteiger partial charge in [0.05, 0.1) is 13.2 Å². The van der Waals surface area contributed by atoms with Crippen LogP contribution in [0.5, 0.6) is 5.75 Å². The number of nitrogens with one attached hydrogen (secondary N) is 1. The van der Waals surface area contributed by atoms with Crippen LogP contribution in [0.4, 0.5) is 0 Å². The summed E-state index contributed by atoms with van der Waals surface area (Å²) >= 11 is 3.49. The van der Waals surface area contributed by atoms with Crippen LogP contribution >= 0.6 is 15.9 Å². The third kappa shape index (κ3) is 2.96. The molecule has 98 valence electrons. The predicted octanol–water partition coefficient (Wildman–Crippen LogP) is 4.22. The van der Waals surface area contributed by atoms with Crippen molar-refractivity contribution in [2.75, 3.05) is 14.2 Å². The summed E-state index contributed by atoms with van der Waals surface area (Å²) in [5.41, 5.74) is 2.71. The fraction of sp³-hybridized carbons (Fsp3) is 0.467. The Kier molecular flexibility index (Phi) is 4.84. The Bertz CT molecular complexity index is 442. The van der Waals surface area contributed by atoms with Gasteiger partial charge in [0.15, 0.2) is 0 Å². The second-order valence-corrected chi connectivity index (χ2v) is 5.55. The lowest BCUT2D eigenvalue weighted by Gasteiger charge is -2.25. The highest BCUT2D eigenvalue weighted by Crippen LogP contribution is 2.35. The summed E-state index contributed by atoms with van der Waals surface area (Å²) in [6, 6.07) is 6.52. The molecule has 0 radical (unpaired) electrons. The Hall–Kier alpha value is -0.800. The lowest BCUT2D eigenvalue weighted by atomic mass is 9.89. The van der Waals surface area contributed by atoms with Crippen LogP contribution in [0.25, 0.3) is 0 Å². The van der Waals surface area contributed by atoms with Crippen LogP contribution in [-0.2, 0) is 0 Å².